The van der Waals surface area contributed by atoms with Gasteiger partial charge < -0.3 is 14.4 Å². The summed E-state index contributed by atoms with van der Waals surface area (Å²) in [5.74, 6) is 0.224. The smallest absolute Gasteiger partial charge is 0.242 e. The third-order valence-electron chi connectivity index (χ3n) is 7.78. The fourth-order valence-corrected chi connectivity index (χ4v) is 5.31. The largest absolute Gasteiger partial charge is 0.345 e. The number of rotatable bonds is 14. The molecule has 1 aliphatic carbocycles. The highest BCUT2D eigenvalue weighted by Gasteiger charge is 2.30. The Labute approximate surface area is 218 Å². The maximum Gasteiger partial charge on any atom is 0.242 e. The highest BCUT2D eigenvalue weighted by Crippen LogP contribution is 2.25. The molecule has 0 aliphatic heterocycles. The average Bonchev–Trinajstić information content (AvgIpc) is 3.35. The van der Waals surface area contributed by atoms with Crippen molar-refractivity contribution in [1.29, 1.82) is 0 Å². The van der Waals surface area contributed by atoms with Gasteiger partial charge in [0.05, 0.1) is 6.54 Å². The lowest BCUT2D eigenvalue weighted by molar-refractivity contribution is -0.144. The Hall–Kier alpha value is -2.56. The number of carbonyl (C=O) groups is 2. The van der Waals surface area contributed by atoms with Crippen molar-refractivity contribution in [3.05, 3.63) is 59.9 Å². The highest BCUT2D eigenvalue weighted by atomic mass is 16.2. The fraction of sp³-hybridized carbons (Fsp3) is 0.613. The predicted octanol–water partition coefficient (Wildman–Crippen LogP) is 6.80. The van der Waals surface area contributed by atoms with Gasteiger partial charge in [-0.2, -0.15) is 0 Å². The van der Waals surface area contributed by atoms with Crippen LogP contribution in [0.25, 0.3) is 0 Å². The molecule has 0 saturated heterocycles. The van der Waals surface area contributed by atoms with E-state index in [0.717, 1.165) is 57.2 Å². The predicted molar refractivity (Wildman–Crippen MR) is 148 cm³/mol. The molecule has 1 aliphatic rings. The molecule has 3 rings (SSSR count). The molecule has 0 spiro atoms. The van der Waals surface area contributed by atoms with Crippen LogP contribution in [0, 0.1) is 0 Å². The van der Waals surface area contributed by atoms with Gasteiger partial charge in [0.15, 0.2) is 0 Å². The van der Waals surface area contributed by atoms with Crippen LogP contribution in [-0.4, -0.2) is 44.8 Å². The van der Waals surface area contributed by atoms with Crippen LogP contribution in [-0.2, 0) is 22.7 Å². The van der Waals surface area contributed by atoms with E-state index >= 15 is 0 Å². The average molecular weight is 494 g/mol. The molecule has 1 saturated carbocycles. The molecule has 0 N–H and O–H groups in total. The number of amides is 2. The third-order valence-corrected chi connectivity index (χ3v) is 7.78. The van der Waals surface area contributed by atoms with Gasteiger partial charge in [0.2, 0.25) is 11.8 Å². The van der Waals surface area contributed by atoms with Crippen LogP contribution in [0.2, 0.25) is 0 Å². The summed E-state index contributed by atoms with van der Waals surface area (Å²) in [6.45, 7) is 7.95. The minimum absolute atomic E-state index is 0.0720. The molecule has 1 fully saturated rings. The van der Waals surface area contributed by atoms with Crippen molar-refractivity contribution in [2.45, 2.75) is 117 Å². The maximum atomic E-state index is 13.9. The lowest BCUT2D eigenvalue weighted by atomic mass is 9.94. The van der Waals surface area contributed by atoms with Gasteiger partial charge in [0.25, 0.3) is 0 Å². The molecular formula is C31H47N3O2. The molecule has 1 aromatic carbocycles. The van der Waals surface area contributed by atoms with Gasteiger partial charge >= 0.3 is 0 Å². The molecular weight excluding hydrogens is 446 g/mol. The van der Waals surface area contributed by atoms with Gasteiger partial charge in [0.1, 0.15) is 6.54 Å². The zero-order chi connectivity index (χ0) is 25.8. The van der Waals surface area contributed by atoms with Crippen LogP contribution < -0.4 is 0 Å². The van der Waals surface area contributed by atoms with Crippen molar-refractivity contribution < 1.29 is 9.59 Å². The number of unbranched alkanes of at least 4 members (excludes halogenated alkanes) is 3. The summed E-state index contributed by atoms with van der Waals surface area (Å²) in [5.41, 5.74) is 2.40. The molecule has 0 radical (unpaired) electrons. The summed E-state index contributed by atoms with van der Waals surface area (Å²) in [4.78, 5) is 31.0. The summed E-state index contributed by atoms with van der Waals surface area (Å²) >= 11 is 0. The molecule has 2 amide bonds. The quantitative estimate of drug-likeness (QED) is 0.272. The number of carbonyl (C=O) groups excluding carboxylic acids is 2. The zero-order valence-corrected chi connectivity index (χ0v) is 22.8. The molecule has 1 unspecified atom stereocenters. The summed E-state index contributed by atoms with van der Waals surface area (Å²) in [5, 5.41) is 0. The minimum Gasteiger partial charge on any atom is -0.345 e. The van der Waals surface area contributed by atoms with E-state index in [0.29, 0.717) is 13.0 Å². The molecule has 1 heterocycles. The zero-order valence-electron chi connectivity index (χ0n) is 22.8. The number of hydrogen-bond donors (Lipinski definition) is 0. The lowest BCUT2D eigenvalue weighted by Gasteiger charge is -2.37. The van der Waals surface area contributed by atoms with Crippen molar-refractivity contribution in [1.82, 2.24) is 14.4 Å². The standard InChI is InChI=1S/C31H47N3O2/c1-4-6-7-14-21-30(35)33(26(3)5-2)25-31(36)34(28-18-12-9-13-19-28)24-29-20-15-22-32(29)23-27-16-10-8-11-17-27/h8,10-11,15-17,20,22,26,28H,4-7,9,12-14,18-19,21,23-25H2,1-3H3. The lowest BCUT2D eigenvalue weighted by Crippen LogP contribution is -2.49. The van der Waals surface area contributed by atoms with Crippen LogP contribution in [0.5, 0.6) is 0 Å². The molecule has 2 aromatic rings. The number of benzene rings is 1. The molecule has 1 aromatic heterocycles. The Kier molecular flexibility index (Phi) is 11.6. The summed E-state index contributed by atoms with van der Waals surface area (Å²) < 4.78 is 2.25. The normalized spacial score (nSPS) is 15.0. The van der Waals surface area contributed by atoms with Crippen LogP contribution in [0.3, 0.4) is 0 Å². The van der Waals surface area contributed by atoms with Crippen molar-refractivity contribution in [3.63, 3.8) is 0 Å². The number of nitrogens with zero attached hydrogens (tertiary/aromatic N) is 3. The van der Waals surface area contributed by atoms with Gasteiger partial charge in [-0.05, 0) is 50.3 Å². The van der Waals surface area contributed by atoms with Crippen LogP contribution in [0.15, 0.2) is 48.7 Å². The van der Waals surface area contributed by atoms with Gasteiger partial charge in [0, 0.05) is 36.9 Å². The van der Waals surface area contributed by atoms with Crippen LogP contribution in [0.1, 0.15) is 103 Å². The van der Waals surface area contributed by atoms with E-state index in [1.165, 1.54) is 24.8 Å². The SMILES string of the molecule is CCCCCCC(=O)N(CC(=O)N(Cc1cccn1Cc1ccccc1)C1CCCCC1)C(C)CC. The number of hydrogen-bond acceptors (Lipinski definition) is 2. The first-order valence-corrected chi connectivity index (χ1v) is 14.3. The summed E-state index contributed by atoms with van der Waals surface area (Å²) in [6, 6.07) is 15.0. The van der Waals surface area contributed by atoms with Gasteiger partial charge in [-0.3, -0.25) is 9.59 Å². The fourth-order valence-electron chi connectivity index (χ4n) is 5.31. The Morgan fingerprint density at radius 1 is 0.944 bits per heavy atom. The van der Waals surface area contributed by atoms with E-state index in [-0.39, 0.29) is 30.4 Å². The van der Waals surface area contributed by atoms with E-state index in [2.05, 4.69) is 72.8 Å². The van der Waals surface area contributed by atoms with Crippen molar-refractivity contribution >= 4 is 11.8 Å². The highest BCUT2D eigenvalue weighted by molar-refractivity contribution is 5.85. The molecule has 198 valence electrons. The van der Waals surface area contributed by atoms with Crippen LogP contribution in [0.4, 0.5) is 0 Å². The summed E-state index contributed by atoms with van der Waals surface area (Å²) in [7, 11) is 0. The van der Waals surface area contributed by atoms with E-state index in [4.69, 9.17) is 0 Å². The Bertz CT molecular complexity index is 917. The van der Waals surface area contributed by atoms with Crippen LogP contribution >= 0.6 is 0 Å². The first-order chi connectivity index (χ1) is 17.5. The summed E-state index contributed by atoms with van der Waals surface area (Å²) in [6.07, 6.45) is 13.5. The van der Waals surface area contributed by atoms with E-state index < -0.39 is 0 Å². The second-order valence-electron chi connectivity index (χ2n) is 10.5. The van der Waals surface area contributed by atoms with E-state index in [1.807, 2.05) is 11.0 Å². The van der Waals surface area contributed by atoms with E-state index in [1.54, 1.807) is 0 Å². The Morgan fingerprint density at radius 3 is 2.39 bits per heavy atom. The Morgan fingerprint density at radius 2 is 1.69 bits per heavy atom. The monoisotopic (exact) mass is 493 g/mol. The van der Waals surface area contributed by atoms with Crippen molar-refractivity contribution in [2.24, 2.45) is 0 Å². The molecule has 36 heavy (non-hydrogen) atoms. The molecule has 5 heteroatoms. The van der Waals surface area contributed by atoms with Crippen molar-refractivity contribution in [3.8, 4) is 0 Å². The molecule has 5 nitrogen and oxygen atoms in total. The minimum atomic E-state index is 0.0720. The topological polar surface area (TPSA) is 45.6 Å². The van der Waals surface area contributed by atoms with Crippen molar-refractivity contribution in [2.75, 3.05) is 6.54 Å². The Balaban J connectivity index is 1.75. The second kappa shape index (κ2) is 14.9. The molecule has 1 atom stereocenters. The second-order valence-corrected chi connectivity index (χ2v) is 10.5. The van der Waals surface area contributed by atoms with Gasteiger partial charge in [-0.1, -0.05) is 82.7 Å². The first kappa shape index (κ1) is 28.0. The number of aromatic nitrogens is 1. The third kappa shape index (κ3) is 8.25. The maximum absolute atomic E-state index is 13.9. The van der Waals surface area contributed by atoms with Gasteiger partial charge in [-0.15, -0.1) is 0 Å². The first-order valence-electron chi connectivity index (χ1n) is 14.3. The van der Waals surface area contributed by atoms with Gasteiger partial charge in [-0.25, -0.2) is 0 Å². The van der Waals surface area contributed by atoms with E-state index in [9.17, 15) is 9.59 Å². The molecule has 0 bridgehead atoms.